The van der Waals surface area contributed by atoms with Gasteiger partial charge >= 0.3 is 6.18 Å². The lowest BCUT2D eigenvalue weighted by molar-refractivity contribution is -0.152. The van der Waals surface area contributed by atoms with Crippen LogP contribution in [0.4, 0.5) is 13.2 Å². The molecule has 2 rings (SSSR count). The van der Waals surface area contributed by atoms with Gasteiger partial charge in [0.15, 0.2) is 0 Å². The molecule has 8 heteroatoms. The third-order valence-corrected chi connectivity index (χ3v) is 3.94. The molecule has 1 heterocycles. The van der Waals surface area contributed by atoms with Gasteiger partial charge in [0.25, 0.3) is 0 Å². The van der Waals surface area contributed by atoms with Crippen LogP contribution in [-0.4, -0.2) is 48.1 Å². The molecule has 0 spiro atoms. The number of alkyl halides is 3. The quantitative estimate of drug-likeness (QED) is 0.787. The molecule has 1 saturated heterocycles. The number of amides is 2. The van der Waals surface area contributed by atoms with E-state index < -0.39 is 24.7 Å². The molecule has 1 unspecified atom stereocenters. The number of nitrogens with two attached hydrogens (primary N) is 1. The standard InChI is InChI=1S/C12H18F3N3O2/c13-12(14,15)6-18-3-1-2-9(18)11(20)17-8-4-7(5-8)10(16)19/h7-9H,1-6H2,(H2,16,19)(H,17,20). The zero-order valence-corrected chi connectivity index (χ0v) is 10.9. The summed E-state index contributed by atoms with van der Waals surface area (Å²) in [4.78, 5) is 24.0. The molecule has 1 aliphatic heterocycles. The van der Waals surface area contributed by atoms with Crippen molar-refractivity contribution in [1.82, 2.24) is 10.2 Å². The summed E-state index contributed by atoms with van der Waals surface area (Å²) >= 11 is 0. The fraction of sp³-hybridized carbons (Fsp3) is 0.833. The van der Waals surface area contributed by atoms with Gasteiger partial charge in [-0.05, 0) is 32.2 Å². The van der Waals surface area contributed by atoms with Crippen LogP contribution in [0.5, 0.6) is 0 Å². The Morgan fingerprint density at radius 1 is 1.30 bits per heavy atom. The maximum Gasteiger partial charge on any atom is 0.401 e. The van der Waals surface area contributed by atoms with Crippen LogP contribution in [0.2, 0.25) is 0 Å². The monoisotopic (exact) mass is 293 g/mol. The summed E-state index contributed by atoms with van der Waals surface area (Å²) in [5.74, 6) is -0.995. The van der Waals surface area contributed by atoms with Crippen molar-refractivity contribution in [3.63, 3.8) is 0 Å². The van der Waals surface area contributed by atoms with Crippen LogP contribution in [0, 0.1) is 5.92 Å². The number of nitrogens with one attached hydrogen (secondary N) is 1. The van der Waals surface area contributed by atoms with Crippen molar-refractivity contribution in [2.75, 3.05) is 13.1 Å². The molecule has 1 aliphatic carbocycles. The molecule has 2 amide bonds. The van der Waals surface area contributed by atoms with Gasteiger partial charge in [-0.15, -0.1) is 0 Å². The highest BCUT2D eigenvalue weighted by Gasteiger charge is 2.41. The average Bonchev–Trinajstić information content (AvgIpc) is 2.67. The van der Waals surface area contributed by atoms with Crippen LogP contribution in [-0.2, 0) is 9.59 Å². The maximum absolute atomic E-state index is 12.4. The normalized spacial score (nSPS) is 30.9. The third kappa shape index (κ3) is 3.62. The first kappa shape index (κ1) is 15.1. The molecule has 3 N–H and O–H groups in total. The van der Waals surface area contributed by atoms with Gasteiger partial charge in [-0.25, -0.2) is 0 Å². The molecule has 0 aromatic carbocycles. The van der Waals surface area contributed by atoms with Crippen molar-refractivity contribution < 1.29 is 22.8 Å². The van der Waals surface area contributed by atoms with E-state index in [-0.39, 0.29) is 24.4 Å². The predicted molar refractivity (Wildman–Crippen MR) is 64.5 cm³/mol. The van der Waals surface area contributed by atoms with Crippen molar-refractivity contribution >= 4 is 11.8 Å². The van der Waals surface area contributed by atoms with Crippen molar-refractivity contribution in [2.45, 2.75) is 43.9 Å². The number of primary amides is 1. The Bertz CT molecular complexity index is 394. The highest BCUT2D eigenvalue weighted by atomic mass is 19.4. The number of carbonyl (C=O) groups excluding carboxylic acids is 2. The lowest BCUT2D eigenvalue weighted by Gasteiger charge is -2.35. The minimum absolute atomic E-state index is 0.145. The molecule has 0 aromatic rings. The van der Waals surface area contributed by atoms with Crippen molar-refractivity contribution in [3.05, 3.63) is 0 Å². The van der Waals surface area contributed by atoms with E-state index >= 15 is 0 Å². The number of nitrogens with zero attached hydrogens (tertiary/aromatic N) is 1. The first-order valence-corrected chi connectivity index (χ1v) is 6.67. The molecule has 1 saturated carbocycles. The Labute approximate surface area is 114 Å². The van der Waals surface area contributed by atoms with Crippen molar-refractivity contribution in [3.8, 4) is 0 Å². The van der Waals surface area contributed by atoms with Crippen LogP contribution in [0.1, 0.15) is 25.7 Å². The molecule has 2 fully saturated rings. The Morgan fingerprint density at radius 2 is 1.95 bits per heavy atom. The molecule has 20 heavy (non-hydrogen) atoms. The van der Waals surface area contributed by atoms with Crippen molar-refractivity contribution in [1.29, 1.82) is 0 Å². The molecule has 2 aliphatic rings. The summed E-state index contributed by atoms with van der Waals surface area (Å²) in [7, 11) is 0. The van der Waals surface area contributed by atoms with Crippen LogP contribution in [0.3, 0.4) is 0 Å². The van der Waals surface area contributed by atoms with E-state index in [1.54, 1.807) is 0 Å². The Morgan fingerprint density at radius 3 is 2.50 bits per heavy atom. The Balaban J connectivity index is 1.81. The molecule has 5 nitrogen and oxygen atoms in total. The van der Waals surface area contributed by atoms with Gasteiger partial charge in [0.05, 0.1) is 12.6 Å². The van der Waals surface area contributed by atoms with Gasteiger partial charge in [-0.3, -0.25) is 14.5 Å². The largest absolute Gasteiger partial charge is 0.401 e. The van der Waals surface area contributed by atoms with Crippen LogP contribution in [0.25, 0.3) is 0 Å². The summed E-state index contributed by atoms with van der Waals surface area (Å²) in [6, 6.07) is -0.863. The summed E-state index contributed by atoms with van der Waals surface area (Å²) in [6.07, 6.45) is -2.31. The van der Waals surface area contributed by atoms with Crippen LogP contribution >= 0.6 is 0 Å². The van der Waals surface area contributed by atoms with E-state index in [9.17, 15) is 22.8 Å². The molecule has 0 radical (unpaired) electrons. The van der Waals surface area contributed by atoms with E-state index in [4.69, 9.17) is 5.73 Å². The summed E-state index contributed by atoms with van der Waals surface area (Å²) in [6.45, 7) is -0.772. The molecular formula is C12H18F3N3O2. The minimum Gasteiger partial charge on any atom is -0.369 e. The number of hydrogen-bond acceptors (Lipinski definition) is 3. The summed E-state index contributed by atoms with van der Waals surface area (Å²) in [5.41, 5.74) is 5.12. The summed E-state index contributed by atoms with van der Waals surface area (Å²) < 4.78 is 37.2. The first-order chi connectivity index (χ1) is 9.26. The number of likely N-dealkylation sites (tertiary alicyclic amines) is 1. The lowest BCUT2D eigenvalue weighted by atomic mass is 9.79. The lowest BCUT2D eigenvalue weighted by Crippen LogP contribution is -2.53. The van der Waals surface area contributed by atoms with Crippen LogP contribution in [0.15, 0.2) is 0 Å². The van der Waals surface area contributed by atoms with E-state index in [0.717, 1.165) is 0 Å². The highest BCUT2D eigenvalue weighted by Crippen LogP contribution is 2.28. The second-order valence-electron chi connectivity index (χ2n) is 5.52. The molecular weight excluding hydrogens is 275 g/mol. The third-order valence-electron chi connectivity index (χ3n) is 3.94. The number of halogens is 3. The second kappa shape index (κ2) is 5.59. The van der Waals surface area contributed by atoms with Crippen LogP contribution < -0.4 is 11.1 Å². The van der Waals surface area contributed by atoms with E-state index in [0.29, 0.717) is 25.7 Å². The van der Waals surface area contributed by atoms with E-state index in [1.165, 1.54) is 4.90 Å². The molecule has 114 valence electrons. The van der Waals surface area contributed by atoms with E-state index in [1.807, 2.05) is 0 Å². The van der Waals surface area contributed by atoms with Gasteiger partial charge < -0.3 is 11.1 Å². The number of rotatable bonds is 4. The SMILES string of the molecule is NC(=O)C1CC(NC(=O)C2CCCN2CC(F)(F)F)C1. The van der Waals surface area contributed by atoms with Gasteiger partial charge in [0.1, 0.15) is 0 Å². The molecule has 1 atom stereocenters. The Hall–Kier alpha value is -1.31. The van der Waals surface area contributed by atoms with Gasteiger partial charge in [-0.2, -0.15) is 13.2 Å². The summed E-state index contributed by atoms with van der Waals surface area (Å²) in [5, 5.41) is 2.70. The minimum atomic E-state index is -4.30. The Kier molecular flexibility index (Phi) is 4.22. The van der Waals surface area contributed by atoms with Gasteiger partial charge in [-0.1, -0.05) is 0 Å². The topological polar surface area (TPSA) is 75.4 Å². The number of hydrogen-bond donors (Lipinski definition) is 2. The zero-order chi connectivity index (χ0) is 14.9. The van der Waals surface area contributed by atoms with Gasteiger partial charge in [0.2, 0.25) is 11.8 Å². The number of carbonyl (C=O) groups is 2. The van der Waals surface area contributed by atoms with Gasteiger partial charge in [0, 0.05) is 12.0 Å². The highest BCUT2D eigenvalue weighted by molar-refractivity contribution is 5.83. The second-order valence-corrected chi connectivity index (χ2v) is 5.52. The smallest absolute Gasteiger partial charge is 0.369 e. The maximum atomic E-state index is 12.4. The molecule has 0 aromatic heterocycles. The first-order valence-electron chi connectivity index (χ1n) is 6.67. The van der Waals surface area contributed by atoms with E-state index in [2.05, 4.69) is 5.32 Å². The predicted octanol–water partition coefficient (Wildman–Crippen LogP) is 0.393. The average molecular weight is 293 g/mol. The molecule has 0 bridgehead atoms. The fourth-order valence-corrected chi connectivity index (χ4v) is 2.81. The zero-order valence-electron chi connectivity index (χ0n) is 10.9. The van der Waals surface area contributed by atoms with Crippen molar-refractivity contribution in [2.24, 2.45) is 11.7 Å². The fourth-order valence-electron chi connectivity index (χ4n) is 2.81.